The fourth-order valence-electron chi connectivity index (χ4n) is 9.27. The second-order valence-electron chi connectivity index (χ2n) is 15.5. The molecule has 0 saturated carbocycles. The van der Waals surface area contributed by atoms with Crippen molar-refractivity contribution in [1.29, 1.82) is 0 Å². The van der Waals surface area contributed by atoms with E-state index in [1.54, 1.807) is 0 Å². The van der Waals surface area contributed by atoms with Gasteiger partial charge in [-0.3, -0.25) is 0 Å². The fraction of sp³-hybridized carbons (Fsp3) is 0. The van der Waals surface area contributed by atoms with E-state index in [4.69, 9.17) is 23.8 Å². The van der Waals surface area contributed by atoms with Crippen LogP contribution < -0.4 is 0 Å². The Hall–Kier alpha value is -8.35. The maximum Gasteiger partial charge on any atom is 0.164 e. The van der Waals surface area contributed by atoms with E-state index in [9.17, 15) is 0 Å². The molecule has 0 aliphatic carbocycles. The molecule has 9 aromatic carbocycles. The highest BCUT2D eigenvalue weighted by Gasteiger charge is 2.22. The Bertz CT molecular complexity index is 3810. The van der Waals surface area contributed by atoms with E-state index in [0.717, 1.165) is 93.6 Å². The Balaban J connectivity index is 0.976. The van der Waals surface area contributed by atoms with Crippen LogP contribution in [0.4, 0.5) is 0 Å². The van der Waals surface area contributed by atoms with Gasteiger partial charge in [0.05, 0.1) is 16.4 Å². The van der Waals surface area contributed by atoms with Crippen molar-refractivity contribution in [2.24, 2.45) is 0 Å². The second kappa shape index (κ2) is 13.1. The van der Waals surface area contributed by atoms with Crippen LogP contribution in [0.15, 0.2) is 203 Å². The molecule has 6 nitrogen and oxygen atoms in total. The highest BCUT2D eigenvalue weighted by atomic mass is 16.3. The zero-order valence-corrected chi connectivity index (χ0v) is 32.6. The summed E-state index contributed by atoms with van der Waals surface area (Å²) in [5, 5.41) is 8.92. The van der Waals surface area contributed by atoms with E-state index < -0.39 is 0 Å². The molecule has 0 aliphatic heterocycles. The molecule has 0 unspecified atom stereocenters. The largest absolute Gasteiger partial charge is 0.456 e. The highest BCUT2D eigenvalue weighted by Crippen LogP contribution is 2.45. The number of rotatable bonds is 5. The summed E-state index contributed by atoms with van der Waals surface area (Å²) in [7, 11) is 0. The molecule has 4 heterocycles. The molecule has 0 bridgehead atoms. The van der Waals surface area contributed by atoms with Crippen LogP contribution in [0.5, 0.6) is 0 Å². The van der Waals surface area contributed by atoms with Crippen molar-refractivity contribution in [3.63, 3.8) is 0 Å². The summed E-state index contributed by atoms with van der Waals surface area (Å²) in [6.45, 7) is 0. The molecule has 0 saturated heterocycles. The van der Waals surface area contributed by atoms with Crippen molar-refractivity contribution in [2.45, 2.75) is 0 Å². The minimum atomic E-state index is 0.585. The molecule has 0 spiro atoms. The van der Waals surface area contributed by atoms with Gasteiger partial charge in [0.2, 0.25) is 0 Å². The summed E-state index contributed by atoms with van der Waals surface area (Å²) < 4.78 is 15.9. The van der Waals surface area contributed by atoms with Crippen LogP contribution in [-0.4, -0.2) is 19.5 Å². The fourth-order valence-corrected chi connectivity index (χ4v) is 9.27. The average Bonchev–Trinajstić information content (AvgIpc) is 4.01. The predicted octanol–water partition coefficient (Wildman–Crippen LogP) is 14.6. The topological polar surface area (TPSA) is 69.9 Å². The van der Waals surface area contributed by atoms with Crippen LogP contribution in [0, 0.1) is 0 Å². The van der Waals surface area contributed by atoms with E-state index >= 15 is 0 Å². The lowest BCUT2D eigenvalue weighted by Crippen LogP contribution is -2.00. The van der Waals surface area contributed by atoms with Crippen LogP contribution in [0.3, 0.4) is 0 Å². The maximum atomic E-state index is 6.98. The number of aromatic nitrogens is 4. The Kier molecular flexibility index (Phi) is 7.21. The number of para-hydroxylation sites is 1. The number of hydrogen-bond donors (Lipinski definition) is 0. The molecule has 6 heteroatoms. The van der Waals surface area contributed by atoms with E-state index in [0.29, 0.717) is 17.5 Å². The van der Waals surface area contributed by atoms with Gasteiger partial charge < -0.3 is 13.4 Å². The van der Waals surface area contributed by atoms with Crippen LogP contribution in [0.2, 0.25) is 0 Å². The first-order valence-corrected chi connectivity index (χ1v) is 20.4. The molecule has 13 rings (SSSR count). The minimum absolute atomic E-state index is 0.585. The number of furan rings is 2. The molecule has 61 heavy (non-hydrogen) atoms. The number of fused-ring (bicyclic) bond motifs is 12. The highest BCUT2D eigenvalue weighted by molar-refractivity contribution is 6.29. The Morgan fingerprint density at radius 2 is 0.934 bits per heavy atom. The van der Waals surface area contributed by atoms with E-state index in [2.05, 4.69) is 132 Å². The Morgan fingerprint density at radius 1 is 0.328 bits per heavy atom. The summed E-state index contributed by atoms with van der Waals surface area (Å²) in [5.41, 5.74) is 11.6. The monoisotopic (exact) mass is 780 g/mol. The van der Waals surface area contributed by atoms with Crippen molar-refractivity contribution in [2.75, 3.05) is 0 Å². The van der Waals surface area contributed by atoms with Gasteiger partial charge in [-0.05, 0) is 76.5 Å². The summed E-state index contributed by atoms with van der Waals surface area (Å²) in [5.74, 6) is 1.83. The van der Waals surface area contributed by atoms with Gasteiger partial charge in [-0.2, -0.15) is 0 Å². The minimum Gasteiger partial charge on any atom is -0.456 e. The van der Waals surface area contributed by atoms with Gasteiger partial charge in [0.25, 0.3) is 0 Å². The normalized spacial score (nSPS) is 11.9. The van der Waals surface area contributed by atoms with Gasteiger partial charge in [0.1, 0.15) is 22.3 Å². The standard InChI is InChI=1S/C55H32N4O2/c1-4-14-33(15-5-1)43-32-49-50(40-21-11-10-20-38(40)43)42-27-28-46-51(52(42)61-49)41-22-12-13-23-45(41)59(46)37-25-29-47-44(31-37)39-26-24-36(30-48(39)60-47)55-57-53(34-16-6-2-7-17-34)56-54(58-55)35-18-8-3-9-19-35/h1-32H. The molecule has 0 amide bonds. The Morgan fingerprint density at radius 3 is 1.66 bits per heavy atom. The SMILES string of the molecule is c1ccc(-c2nc(-c3ccccc3)nc(-c3ccc4c(c3)oc3ccc(-n5c6ccccc6c6c7oc8cc(-c9ccccc9)c9ccccc9c8c7ccc65)cc34)n2)cc1. The average molecular weight is 781 g/mol. The first kappa shape index (κ1) is 33.6. The van der Waals surface area contributed by atoms with Crippen molar-refractivity contribution in [3.8, 4) is 51.0 Å². The predicted molar refractivity (Wildman–Crippen MR) is 248 cm³/mol. The third-order valence-electron chi connectivity index (χ3n) is 12.0. The number of nitrogens with zero attached hydrogens (tertiary/aromatic N) is 4. The third-order valence-corrected chi connectivity index (χ3v) is 12.0. The number of hydrogen-bond acceptors (Lipinski definition) is 5. The first-order valence-electron chi connectivity index (χ1n) is 20.4. The smallest absolute Gasteiger partial charge is 0.164 e. The van der Waals surface area contributed by atoms with Crippen LogP contribution in [0.1, 0.15) is 0 Å². The van der Waals surface area contributed by atoms with E-state index in [1.807, 2.05) is 66.7 Å². The second-order valence-corrected chi connectivity index (χ2v) is 15.5. The van der Waals surface area contributed by atoms with Crippen molar-refractivity contribution >= 4 is 76.5 Å². The molecule has 0 atom stereocenters. The lowest BCUT2D eigenvalue weighted by atomic mass is 9.95. The molecule has 0 N–H and O–H groups in total. The van der Waals surface area contributed by atoms with Crippen LogP contribution in [0.25, 0.3) is 127 Å². The molecule has 0 fully saturated rings. The van der Waals surface area contributed by atoms with Crippen LogP contribution >= 0.6 is 0 Å². The van der Waals surface area contributed by atoms with Gasteiger partial charge >= 0.3 is 0 Å². The molecular formula is C55H32N4O2. The van der Waals surface area contributed by atoms with Crippen LogP contribution in [-0.2, 0) is 0 Å². The lowest BCUT2D eigenvalue weighted by molar-refractivity contribution is 0.669. The summed E-state index contributed by atoms with van der Waals surface area (Å²) in [6, 6.07) is 67.3. The Labute approximate surface area is 348 Å². The molecule has 13 aromatic rings. The third kappa shape index (κ3) is 5.19. The van der Waals surface area contributed by atoms with Crippen molar-refractivity contribution < 1.29 is 8.83 Å². The van der Waals surface area contributed by atoms with Gasteiger partial charge in [-0.1, -0.05) is 140 Å². The summed E-state index contributed by atoms with van der Waals surface area (Å²) in [6.07, 6.45) is 0. The zero-order valence-electron chi connectivity index (χ0n) is 32.6. The number of benzene rings is 9. The van der Waals surface area contributed by atoms with Gasteiger partial charge in [0.15, 0.2) is 17.5 Å². The maximum absolute atomic E-state index is 6.98. The quantitative estimate of drug-likeness (QED) is 0.174. The molecule has 4 aromatic heterocycles. The van der Waals surface area contributed by atoms with Crippen molar-refractivity contribution in [1.82, 2.24) is 19.5 Å². The van der Waals surface area contributed by atoms with Gasteiger partial charge in [0, 0.05) is 49.3 Å². The van der Waals surface area contributed by atoms with Gasteiger partial charge in [-0.25, -0.2) is 15.0 Å². The molecule has 284 valence electrons. The first-order chi connectivity index (χ1) is 30.2. The zero-order chi connectivity index (χ0) is 40.0. The van der Waals surface area contributed by atoms with Gasteiger partial charge in [-0.15, -0.1) is 0 Å². The van der Waals surface area contributed by atoms with E-state index in [-0.39, 0.29) is 0 Å². The molecular weight excluding hydrogens is 749 g/mol. The molecule has 0 aliphatic rings. The summed E-state index contributed by atoms with van der Waals surface area (Å²) in [4.78, 5) is 14.8. The molecule has 0 radical (unpaired) electrons. The summed E-state index contributed by atoms with van der Waals surface area (Å²) >= 11 is 0. The lowest BCUT2D eigenvalue weighted by Gasteiger charge is -2.09. The van der Waals surface area contributed by atoms with E-state index in [1.165, 1.54) is 16.3 Å². The van der Waals surface area contributed by atoms with Crippen molar-refractivity contribution in [3.05, 3.63) is 194 Å².